The first-order chi connectivity index (χ1) is 17.7. The second-order valence-electron chi connectivity index (χ2n) is 9.96. The summed E-state index contributed by atoms with van der Waals surface area (Å²) in [6.45, 7) is 14.2. The third-order valence-electron chi connectivity index (χ3n) is 6.02. The molecular weight excluding hydrogens is 486 g/mol. The second-order valence-corrected chi connectivity index (χ2v) is 11.0. The van der Waals surface area contributed by atoms with Gasteiger partial charge in [-0.25, -0.2) is 4.99 Å². The lowest BCUT2D eigenvalue weighted by molar-refractivity contribution is -0.114. The van der Waals surface area contributed by atoms with E-state index in [4.69, 9.17) is 14.8 Å². The molecule has 3 aromatic rings. The molecule has 0 bridgehead atoms. The Hall–Kier alpha value is -3.53. The Kier molecular flexibility index (Phi) is 7.77. The molecule has 9 nitrogen and oxygen atoms in total. The van der Waals surface area contributed by atoms with E-state index in [2.05, 4.69) is 67.2 Å². The lowest BCUT2D eigenvalue weighted by Crippen LogP contribution is -2.27. The number of hydrogen-bond acceptors (Lipinski definition) is 8. The number of rotatable bonds is 9. The van der Waals surface area contributed by atoms with E-state index in [0.717, 1.165) is 30.2 Å². The molecule has 196 valence electrons. The number of anilines is 2. The Morgan fingerprint density at radius 2 is 1.92 bits per heavy atom. The molecule has 0 unspecified atom stereocenters. The first-order valence-electron chi connectivity index (χ1n) is 12.6. The highest BCUT2D eigenvalue weighted by Crippen LogP contribution is 2.37. The number of aromatic nitrogens is 3. The van der Waals surface area contributed by atoms with Gasteiger partial charge in [0.05, 0.1) is 23.4 Å². The Morgan fingerprint density at radius 1 is 1.16 bits per heavy atom. The summed E-state index contributed by atoms with van der Waals surface area (Å²) in [5.74, 6) is 1.56. The van der Waals surface area contributed by atoms with E-state index < -0.39 is 0 Å². The zero-order valence-corrected chi connectivity index (χ0v) is 23.4. The summed E-state index contributed by atoms with van der Waals surface area (Å²) in [5, 5.41) is 18.8. The number of carbonyl (C=O) groups excluding carboxylic acids is 1. The van der Waals surface area contributed by atoms with Gasteiger partial charge >= 0.3 is 0 Å². The first kappa shape index (κ1) is 26.5. The van der Waals surface area contributed by atoms with E-state index in [0.29, 0.717) is 34.4 Å². The predicted octanol–water partition coefficient (Wildman–Crippen LogP) is 5.98. The van der Waals surface area contributed by atoms with Crippen molar-refractivity contribution in [2.24, 2.45) is 15.5 Å². The molecule has 1 amide bonds. The van der Waals surface area contributed by atoms with Crippen LogP contribution in [0, 0.1) is 5.41 Å². The molecule has 0 fully saturated rings. The van der Waals surface area contributed by atoms with Crippen molar-refractivity contribution in [2.75, 3.05) is 30.4 Å². The number of ether oxygens (including phenoxy) is 1. The second kappa shape index (κ2) is 10.8. The molecular formula is C27H35N7O2S. The quantitative estimate of drug-likeness (QED) is 0.373. The van der Waals surface area contributed by atoms with Crippen LogP contribution < -0.4 is 15.0 Å². The van der Waals surface area contributed by atoms with Gasteiger partial charge in [0.25, 0.3) is 0 Å². The van der Waals surface area contributed by atoms with Crippen LogP contribution in [0.3, 0.4) is 0 Å². The number of benzene rings is 1. The van der Waals surface area contributed by atoms with Gasteiger partial charge in [0, 0.05) is 31.1 Å². The monoisotopic (exact) mass is 521 g/mol. The van der Waals surface area contributed by atoms with E-state index in [1.54, 1.807) is 35.3 Å². The van der Waals surface area contributed by atoms with Crippen molar-refractivity contribution in [3.8, 4) is 17.1 Å². The minimum absolute atomic E-state index is 0.156. The zero-order chi connectivity index (χ0) is 26.7. The summed E-state index contributed by atoms with van der Waals surface area (Å²) in [6, 6.07) is 9.60. The van der Waals surface area contributed by atoms with Crippen molar-refractivity contribution in [1.29, 1.82) is 0 Å². The number of thiophene rings is 1. The summed E-state index contributed by atoms with van der Waals surface area (Å²) in [7, 11) is 1.60. The van der Waals surface area contributed by atoms with E-state index in [1.807, 2.05) is 6.07 Å². The van der Waals surface area contributed by atoms with Crippen molar-refractivity contribution in [1.82, 2.24) is 14.9 Å². The van der Waals surface area contributed by atoms with E-state index in [-0.39, 0.29) is 11.3 Å². The lowest BCUT2D eigenvalue weighted by atomic mass is 9.87. The van der Waals surface area contributed by atoms with Crippen LogP contribution in [0.15, 0.2) is 40.4 Å². The Labute approximate surface area is 222 Å². The van der Waals surface area contributed by atoms with Crippen molar-refractivity contribution in [2.45, 2.75) is 54.4 Å². The van der Waals surface area contributed by atoms with Crippen molar-refractivity contribution in [3.05, 3.63) is 36.2 Å². The molecule has 0 saturated carbocycles. The largest absolute Gasteiger partial charge is 0.496 e. The Bertz CT molecular complexity index is 1350. The SMILES string of the molecule is CCCCN(CC)c1ccc(N=C2C(C(C)(C)C)=Nn3c2nnc3-c2cc(NC(C)=O)ccc2OC)s1. The molecule has 10 heteroatoms. The molecule has 2 aromatic heterocycles. The van der Waals surface area contributed by atoms with Crippen LogP contribution in [-0.4, -0.2) is 52.4 Å². The zero-order valence-electron chi connectivity index (χ0n) is 22.6. The number of nitrogens with one attached hydrogen (secondary N) is 1. The first-order valence-corrected chi connectivity index (χ1v) is 13.4. The molecule has 37 heavy (non-hydrogen) atoms. The number of fused-ring (bicyclic) bond motifs is 1. The summed E-state index contributed by atoms with van der Waals surface area (Å²) < 4.78 is 7.32. The predicted molar refractivity (Wildman–Crippen MR) is 152 cm³/mol. The van der Waals surface area contributed by atoms with Crippen LogP contribution in [0.5, 0.6) is 5.75 Å². The van der Waals surface area contributed by atoms with Gasteiger partial charge in [-0.1, -0.05) is 45.5 Å². The van der Waals surface area contributed by atoms with Crippen LogP contribution in [0.4, 0.5) is 15.7 Å². The Balaban J connectivity index is 1.78. The normalized spacial score (nSPS) is 14.0. The summed E-state index contributed by atoms with van der Waals surface area (Å²) in [5.41, 5.74) is 2.60. The van der Waals surface area contributed by atoms with E-state index >= 15 is 0 Å². The van der Waals surface area contributed by atoms with Crippen LogP contribution in [0.2, 0.25) is 0 Å². The molecule has 3 heterocycles. The summed E-state index contributed by atoms with van der Waals surface area (Å²) >= 11 is 1.67. The maximum Gasteiger partial charge on any atom is 0.221 e. The lowest BCUT2D eigenvalue weighted by Gasteiger charge is -2.20. The van der Waals surface area contributed by atoms with Crippen molar-refractivity contribution < 1.29 is 9.53 Å². The fourth-order valence-electron chi connectivity index (χ4n) is 4.15. The molecule has 0 saturated heterocycles. The van der Waals surface area contributed by atoms with E-state index in [9.17, 15) is 4.79 Å². The average molecular weight is 522 g/mol. The fourth-order valence-corrected chi connectivity index (χ4v) is 5.12. The molecule has 4 rings (SSSR count). The number of hydrogen-bond donors (Lipinski definition) is 1. The molecule has 0 radical (unpaired) electrons. The summed E-state index contributed by atoms with van der Waals surface area (Å²) in [4.78, 5) is 19.0. The van der Waals surface area contributed by atoms with Crippen molar-refractivity contribution in [3.63, 3.8) is 0 Å². The third kappa shape index (κ3) is 5.58. The van der Waals surface area contributed by atoms with Crippen LogP contribution in [0.1, 0.15) is 60.2 Å². The van der Waals surface area contributed by atoms with Gasteiger partial charge in [-0.2, -0.15) is 9.78 Å². The van der Waals surface area contributed by atoms with Gasteiger partial charge < -0.3 is 15.0 Å². The number of carbonyl (C=O) groups is 1. The minimum Gasteiger partial charge on any atom is -0.496 e. The molecule has 0 atom stereocenters. The highest BCUT2D eigenvalue weighted by atomic mass is 32.1. The number of methoxy groups -OCH3 is 1. The van der Waals surface area contributed by atoms with E-state index in [1.165, 1.54) is 18.3 Å². The molecule has 1 aliphatic heterocycles. The molecule has 1 N–H and O–H groups in total. The summed E-state index contributed by atoms with van der Waals surface area (Å²) in [6.07, 6.45) is 2.33. The number of nitrogens with zero attached hydrogens (tertiary/aromatic N) is 6. The van der Waals surface area contributed by atoms with Crippen molar-refractivity contribution >= 4 is 44.4 Å². The highest BCUT2D eigenvalue weighted by Gasteiger charge is 2.36. The highest BCUT2D eigenvalue weighted by molar-refractivity contribution is 7.19. The fraction of sp³-hybridized carbons (Fsp3) is 0.444. The number of amides is 1. The average Bonchev–Trinajstić information content (AvgIpc) is 3.56. The van der Waals surface area contributed by atoms with Gasteiger partial charge in [0.15, 0.2) is 5.82 Å². The van der Waals surface area contributed by atoms with Gasteiger partial charge in [0.1, 0.15) is 16.5 Å². The standard InChI is InChI=1S/C27H35N7O2S/c1-8-10-15-33(9-2)22-14-13-21(37-22)29-23-24(27(4,5)6)32-34-25(30-31-26(23)34)19-16-18(28-17(3)35)11-12-20(19)36-7/h11-14,16H,8-10,15H2,1-7H3,(H,28,35). The molecule has 0 spiro atoms. The van der Waals surface area contributed by atoms with Crippen LogP contribution >= 0.6 is 11.3 Å². The maximum atomic E-state index is 11.6. The van der Waals surface area contributed by atoms with Crippen LogP contribution in [-0.2, 0) is 4.79 Å². The Morgan fingerprint density at radius 3 is 2.57 bits per heavy atom. The third-order valence-corrected chi connectivity index (χ3v) is 7.06. The number of aliphatic imine (C=N–C) groups is 1. The minimum atomic E-state index is -0.268. The van der Waals surface area contributed by atoms with Gasteiger partial charge in [0.2, 0.25) is 11.7 Å². The van der Waals surface area contributed by atoms with Crippen LogP contribution in [0.25, 0.3) is 11.4 Å². The van der Waals surface area contributed by atoms with Gasteiger partial charge in [-0.05, 0) is 43.7 Å². The molecule has 1 aliphatic rings. The maximum absolute atomic E-state index is 11.6. The smallest absolute Gasteiger partial charge is 0.221 e. The van der Waals surface area contributed by atoms with Gasteiger partial charge in [-0.3, -0.25) is 4.79 Å². The molecule has 0 aliphatic carbocycles. The topological polar surface area (TPSA) is 97.0 Å². The number of unbranched alkanes of at least 4 members (excludes halogenated alkanes) is 1. The van der Waals surface area contributed by atoms with Gasteiger partial charge in [-0.15, -0.1) is 10.2 Å². The molecule has 1 aromatic carbocycles.